The molecule has 44 heavy (non-hydrogen) atoms. The van der Waals surface area contributed by atoms with E-state index in [4.69, 9.17) is 0 Å². The zero-order chi connectivity index (χ0) is 29.0. The summed E-state index contributed by atoms with van der Waals surface area (Å²) in [6.45, 7) is 0. The summed E-state index contributed by atoms with van der Waals surface area (Å²) >= 11 is 0. The zero-order valence-electron chi connectivity index (χ0n) is 24.1. The fraction of sp³-hybridized carbons (Fsp3) is 0. The molecule has 0 aliphatic heterocycles. The Kier molecular flexibility index (Phi) is 5.54. The van der Waals surface area contributed by atoms with Crippen molar-refractivity contribution in [2.45, 2.75) is 0 Å². The van der Waals surface area contributed by atoms with Gasteiger partial charge in [0, 0.05) is 44.0 Å². The molecule has 0 aliphatic rings. The van der Waals surface area contributed by atoms with Crippen LogP contribution in [0.4, 0.5) is 0 Å². The molecule has 2 nitrogen and oxygen atoms in total. The lowest BCUT2D eigenvalue weighted by Crippen LogP contribution is -1.99. The van der Waals surface area contributed by atoms with Gasteiger partial charge in [0.05, 0.1) is 22.1 Å². The van der Waals surface area contributed by atoms with Crippen molar-refractivity contribution in [2.24, 2.45) is 0 Å². The number of nitrogens with zero attached hydrogens (tertiary/aromatic N) is 2. The van der Waals surface area contributed by atoms with Crippen LogP contribution in [-0.2, 0) is 0 Å². The van der Waals surface area contributed by atoms with E-state index in [1.807, 2.05) is 0 Å². The van der Waals surface area contributed by atoms with Gasteiger partial charge in [-0.1, -0.05) is 133 Å². The second kappa shape index (κ2) is 9.86. The highest BCUT2D eigenvalue weighted by atomic mass is 15.0. The summed E-state index contributed by atoms with van der Waals surface area (Å²) in [7, 11) is 0. The van der Waals surface area contributed by atoms with Crippen LogP contribution in [0.3, 0.4) is 0 Å². The topological polar surface area (TPSA) is 9.86 Å². The van der Waals surface area contributed by atoms with E-state index in [0.29, 0.717) is 0 Å². The van der Waals surface area contributed by atoms with Crippen LogP contribution in [0, 0.1) is 0 Å². The minimum Gasteiger partial charge on any atom is -0.309 e. The van der Waals surface area contributed by atoms with Crippen molar-refractivity contribution in [3.63, 3.8) is 0 Å². The van der Waals surface area contributed by atoms with Gasteiger partial charge in [-0.25, -0.2) is 0 Å². The Balaban J connectivity index is 1.54. The maximum atomic E-state index is 2.46. The standard InChI is InChI=1S/C42H28N2/c1-4-15-29(16-5-1)32-27-28-36-34-22-11-13-26-39(34)44(31-19-8-3-9-20-31)42(36)40(32)37-24-14-23-35-33-21-10-12-25-38(33)43(41(35)37)30-17-6-2-7-18-30/h1-28H. The second-order valence-corrected chi connectivity index (χ2v) is 11.3. The van der Waals surface area contributed by atoms with Crippen molar-refractivity contribution < 1.29 is 0 Å². The number of rotatable bonds is 4. The van der Waals surface area contributed by atoms with Crippen LogP contribution in [0.1, 0.15) is 0 Å². The third-order valence-corrected chi connectivity index (χ3v) is 8.91. The van der Waals surface area contributed by atoms with Gasteiger partial charge in [-0.3, -0.25) is 0 Å². The van der Waals surface area contributed by atoms with Crippen molar-refractivity contribution in [2.75, 3.05) is 0 Å². The first-order chi connectivity index (χ1) is 21.9. The number of aromatic nitrogens is 2. The highest BCUT2D eigenvalue weighted by Crippen LogP contribution is 2.47. The fourth-order valence-electron chi connectivity index (χ4n) is 7.10. The predicted molar refractivity (Wildman–Crippen MR) is 186 cm³/mol. The van der Waals surface area contributed by atoms with Gasteiger partial charge in [0.15, 0.2) is 0 Å². The molecule has 2 heterocycles. The van der Waals surface area contributed by atoms with E-state index in [9.17, 15) is 0 Å². The summed E-state index contributed by atoms with van der Waals surface area (Å²) in [6, 6.07) is 61.4. The van der Waals surface area contributed by atoms with E-state index >= 15 is 0 Å². The third-order valence-electron chi connectivity index (χ3n) is 8.91. The van der Waals surface area contributed by atoms with E-state index < -0.39 is 0 Å². The Bertz CT molecular complexity index is 2470. The van der Waals surface area contributed by atoms with Gasteiger partial charge < -0.3 is 9.13 Å². The lowest BCUT2D eigenvalue weighted by atomic mass is 9.90. The number of hydrogen-bond donors (Lipinski definition) is 0. The van der Waals surface area contributed by atoms with Crippen molar-refractivity contribution >= 4 is 43.6 Å². The van der Waals surface area contributed by atoms with Crippen LogP contribution >= 0.6 is 0 Å². The van der Waals surface area contributed by atoms with Crippen LogP contribution in [0.2, 0.25) is 0 Å². The molecule has 0 radical (unpaired) electrons. The molecule has 0 N–H and O–H groups in total. The molecule has 0 fully saturated rings. The van der Waals surface area contributed by atoms with Gasteiger partial charge in [0.25, 0.3) is 0 Å². The Labute approximate surface area is 255 Å². The summed E-state index contributed by atoms with van der Waals surface area (Å²) < 4.78 is 4.91. The summed E-state index contributed by atoms with van der Waals surface area (Å²) in [5.41, 5.74) is 12.0. The van der Waals surface area contributed by atoms with E-state index in [1.54, 1.807) is 0 Å². The van der Waals surface area contributed by atoms with Crippen LogP contribution in [0.25, 0.3) is 77.2 Å². The fourth-order valence-corrected chi connectivity index (χ4v) is 7.10. The lowest BCUT2D eigenvalue weighted by Gasteiger charge is -2.18. The monoisotopic (exact) mass is 560 g/mol. The Hall–Kier alpha value is -5.86. The first-order valence-corrected chi connectivity index (χ1v) is 15.1. The van der Waals surface area contributed by atoms with Gasteiger partial charge in [0.2, 0.25) is 0 Å². The summed E-state index contributed by atoms with van der Waals surface area (Å²) in [4.78, 5) is 0. The minimum atomic E-state index is 1.15. The van der Waals surface area contributed by atoms with Crippen molar-refractivity contribution in [1.82, 2.24) is 9.13 Å². The molecule has 0 bridgehead atoms. The Morgan fingerprint density at radius 3 is 1.39 bits per heavy atom. The predicted octanol–water partition coefficient (Wildman–Crippen LogP) is 11.2. The maximum absolute atomic E-state index is 2.46. The number of hydrogen-bond acceptors (Lipinski definition) is 0. The lowest BCUT2D eigenvalue weighted by molar-refractivity contribution is 1.17. The van der Waals surface area contributed by atoms with E-state index in [-0.39, 0.29) is 0 Å². The van der Waals surface area contributed by atoms with E-state index in [1.165, 1.54) is 65.9 Å². The maximum Gasteiger partial charge on any atom is 0.0626 e. The molecular formula is C42H28N2. The van der Waals surface area contributed by atoms with Gasteiger partial charge in [-0.15, -0.1) is 0 Å². The Morgan fingerprint density at radius 1 is 0.295 bits per heavy atom. The average Bonchev–Trinajstić information content (AvgIpc) is 3.62. The molecule has 9 aromatic rings. The molecular weight excluding hydrogens is 532 g/mol. The van der Waals surface area contributed by atoms with Crippen LogP contribution < -0.4 is 0 Å². The molecule has 206 valence electrons. The molecule has 0 atom stereocenters. The number of benzene rings is 7. The molecule has 0 unspecified atom stereocenters. The first-order valence-electron chi connectivity index (χ1n) is 15.1. The highest BCUT2D eigenvalue weighted by molar-refractivity contribution is 6.21. The summed E-state index contributed by atoms with van der Waals surface area (Å²) in [5.74, 6) is 0. The molecule has 9 rings (SSSR count). The van der Waals surface area contributed by atoms with Crippen molar-refractivity contribution in [3.8, 4) is 33.6 Å². The molecule has 0 saturated carbocycles. The number of para-hydroxylation sites is 5. The van der Waals surface area contributed by atoms with Crippen LogP contribution in [0.15, 0.2) is 170 Å². The number of fused-ring (bicyclic) bond motifs is 6. The van der Waals surface area contributed by atoms with Crippen LogP contribution in [-0.4, -0.2) is 9.13 Å². The van der Waals surface area contributed by atoms with Gasteiger partial charge in [-0.2, -0.15) is 0 Å². The molecule has 0 amide bonds. The third kappa shape index (κ3) is 3.61. The normalized spacial score (nSPS) is 11.6. The molecule has 2 aromatic heterocycles. The average molecular weight is 561 g/mol. The quantitative estimate of drug-likeness (QED) is 0.203. The molecule has 0 spiro atoms. The Morgan fingerprint density at radius 2 is 0.773 bits per heavy atom. The summed E-state index contributed by atoms with van der Waals surface area (Å²) in [5, 5.41) is 5.01. The van der Waals surface area contributed by atoms with Crippen molar-refractivity contribution in [1.29, 1.82) is 0 Å². The molecule has 0 aliphatic carbocycles. The van der Waals surface area contributed by atoms with Crippen molar-refractivity contribution in [3.05, 3.63) is 170 Å². The van der Waals surface area contributed by atoms with Gasteiger partial charge >= 0.3 is 0 Å². The molecule has 7 aromatic carbocycles. The van der Waals surface area contributed by atoms with Gasteiger partial charge in [0.1, 0.15) is 0 Å². The molecule has 2 heteroatoms. The first kappa shape index (κ1) is 24.7. The van der Waals surface area contributed by atoms with Gasteiger partial charge in [-0.05, 0) is 47.5 Å². The largest absolute Gasteiger partial charge is 0.309 e. The summed E-state index contributed by atoms with van der Waals surface area (Å²) in [6.07, 6.45) is 0. The SMILES string of the molecule is c1ccc(-c2ccc3c4ccccc4n(-c4ccccc4)c3c2-c2cccc3c4ccccc4n(-c4ccccc4)c23)cc1. The second-order valence-electron chi connectivity index (χ2n) is 11.3. The van der Waals surface area contributed by atoms with Crippen LogP contribution in [0.5, 0.6) is 0 Å². The zero-order valence-corrected chi connectivity index (χ0v) is 24.1. The highest BCUT2D eigenvalue weighted by Gasteiger charge is 2.24. The van der Waals surface area contributed by atoms with E-state index in [2.05, 4.69) is 179 Å². The molecule has 0 saturated heterocycles. The smallest absolute Gasteiger partial charge is 0.0626 e. The van der Waals surface area contributed by atoms with E-state index in [0.717, 1.165) is 11.4 Å². The minimum absolute atomic E-state index is 1.15.